The smallest absolute Gasteiger partial charge is 0.352 e. The van der Waals surface area contributed by atoms with E-state index in [4.69, 9.17) is 5.73 Å². The Balaban J connectivity index is 1.37. The number of H-pyrrole nitrogens is 1. The molecule has 1 fully saturated rings. The number of carbonyl (C=O) groups is 4. The first-order chi connectivity index (χ1) is 19.6. The van der Waals surface area contributed by atoms with Gasteiger partial charge in [-0.2, -0.15) is 0 Å². The van der Waals surface area contributed by atoms with Crippen molar-refractivity contribution in [2.24, 2.45) is 5.73 Å². The maximum atomic E-state index is 13.0. The van der Waals surface area contributed by atoms with Crippen molar-refractivity contribution < 1.29 is 29.4 Å². The number of aliphatic carboxylic acids is 1. The molecule has 0 radical (unpaired) electrons. The Morgan fingerprint density at radius 3 is 2.56 bits per heavy atom. The topological polar surface area (TPSA) is 195 Å². The summed E-state index contributed by atoms with van der Waals surface area (Å²) in [5.74, 6) is -1.35. The third kappa shape index (κ3) is 6.85. The number of nitrogens with zero attached hydrogens (tertiary/aromatic N) is 4. The number of aromatic amines is 1. The summed E-state index contributed by atoms with van der Waals surface area (Å²) < 4.78 is 0. The number of carbonyl (C=O) groups excluding carboxylic acids is 3. The molecule has 3 heterocycles. The van der Waals surface area contributed by atoms with Crippen molar-refractivity contribution in [3.05, 3.63) is 46.9 Å². The third-order valence-electron chi connectivity index (χ3n) is 6.63. The molecule has 6 N–H and O–H groups in total. The highest BCUT2D eigenvalue weighted by atomic mass is 32.2. The Morgan fingerprint density at radius 1 is 1.24 bits per heavy atom. The van der Waals surface area contributed by atoms with E-state index >= 15 is 0 Å². The lowest BCUT2D eigenvalue weighted by molar-refractivity contribution is -0.150. The Labute approximate surface area is 245 Å². The number of aromatic hydroxyl groups is 1. The summed E-state index contributed by atoms with van der Waals surface area (Å²) in [6, 6.07) is 3.88. The number of benzene rings is 1. The van der Waals surface area contributed by atoms with Gasteiger partial charge in [-0.25, -0.2) is 9.78 Å². The molecule has 2 aromatic rings. The maximum absolute atomic E-state index is 13.0. The van der Waals surface area contributed by atoms with Gasteiger partial charge in [0.1, 0.15) is 34.7 Å². The van der Waals surface area contributed by atoms with E-state index in [2.05, 4.69) is 20.5 Å². The molecule has 1 saturated heterocycles. The van der Waals surface area contributed by atoms with Crippen LogP contribution in [0.1, 0.15) is 44.1 Å². The lowest BCUT2D eigenvalue weighted by Gasteiger charge is -2.49. The van der Waals surface area contributed by atoms with E-state index in [9.17, 15) is 29.4 Å². The van der Waals surface area contributed by atoms with Crippen LogP contribution in [0, 0.1) is 0 Å². The molecule has 13 nitrogen and oxygen atoms in total. The predicted octanol–water partition coefficient (Wildman–Crippen LogP) is 1.23. The molecule has 1 aromatic carbocycles. The number of nitrogens with one attached hydrogen (secondary N) is 2. The van der Waals surface area contributed by atoms with Gasteiger partial charge in [-0.05, 0) is 36.1 Å². The first kappa shape index (κ1) is 30.4. The number of amides is 3. The fourth-order valence-corrected chi connectivity index (χ4v) is 6.90. The second-order valence-corrected chi connectivity index (χ2v) is 11.7. The van der Waals surface area contributed by atoms with Crippen LogP contribution in [0.4, 0.5) is 0 Å². The number of rotatable bonds is 13. The van der Waals surface area contributed by atoms with Gasteiger partial charge < -0.3 is 26.2 Å². The number of carboxylic acids is 1. The zero-order valence-electron chi connectivity index (χ0n) is 22.7. The molecular formula is C26H33N7O6S2. The monoisotopic (exact) mass is 603 g/mol. The van der Waals surface area contributed by atoms with Crippen molar-refractivity contribution in [3.8, 4) is 5.75 Å². The largest absolute Gasteiger partial charge is 0.508 e. The molecule has 2 aliphatic rings. The van der Waals surface area contributed by atoms with Crippen LogP contribution in [0.15, 0.2) is 40.7 Å². The number of nitrogens with two attached hydrogens (primary N) is 1. The molecule has 0 spiro atoms. The number of hydrogen-bond donors (Lipinski definition) is 5. The van der Waals surface area contributed by atoms with Crippen molar-refractivity contribution in [1.82, 2.24) is 30.3 Å². The number of fused-ring (bicyclic) bond motifs is 1. The second-order valence-electron chi connectivity index (χ2n) is 9.63. The molecule has 3 amide bonds. The van der Waals surface area contributed by atoms with E-state index in [1.165, 1.54) is 52.7 Å². The summed E-state index contributed by atoms with van der Waals surface area (Å²) >= 11 is 2.56. The fourth-order valence-electron chi connectivity index (χ4n) is 4.60. The highest BCUT2D eigenvalue weighted by Gasteiger charge is 2.54. The normalized spacial score (nSPS) is 18.9. The number of carboxylic acid groups (broad SMARTS) is 1. The standard InChI is InChI=1S/C26H33N7O6S2/c1-3-9-32(10-4-2)18(35)11-17-28-26(31-30-17)41-13-15-12-40-24-20(23(37)33(24)21(15)25(38)39)29-22(36)19(27)14-5-7-16(34)8-6-14/h5-8,19-20,24,34H,3-4,9-13,27H2,1-2H3,(H,29,36)(H,38,39)(H,28,30,31)/t19?,20?,24-/m0/s1. The van der Waals surface area contributed by atoms with Crippen LogP contribution < -0.4 is 11.1 Å². The van der Waals surface area contributed by atoms with E-state index in [0.717, 1.165) is 12.8 Å². The third-order valence-corrected chi connectivity index (χ3v) is 8.90. The van der Waals surface area contributed by atoms with Gasteiger partial charge in [0.05, 0.1) is 6.42 Å². The molecule has 4 rings (SSSR count). The van der Waals surface area contributed by atoms with Gasteiger partial charge in [0.25, 0.3) is 5.91 Å². The van der Waals surface area contributed by atoms with Crippen molar-refractivity contribution in [1.29, 1.82) is 0 Å². The van der Waals surface area contributed by atoms with Crippen LogP contribution in [-0.2, 0) is 25.6 Å². The van der Waals surface area contributed by atoms with Gasteiger partial charge in [-0.3, -0.25) is 24.4 Å². The first-order valence-electron chi connectivity index (χ1n) is 13.2. The molecule has 0 bridgehead atoms. The van der Waals surface area contributed by atoms with E-state index in [0.29, 0.717) is 41.0 Å². The Hall–Kier alpha value is -3.56. The van der Waals surface area contributed by atoms with Gasteiger partial charge in [-0.1, -0.05) is 37.7 Å². The predicted molar refractivity (Wildman–Crippen MR) is 153 cm³/mol. The van der Waals surface area contributed by atoms with Crippen molar-refractivity contribution >= 4 is 47.2 Å². The minimum absolute atomic E-state index is 0.0334. The van der Waals surface area contributed by atoms with E-state index in [1.807, 2.05) is 13.8 Å². The summed E-state index contributed by atoms with van der Waals surface area (Å²) in [5, 5.41) is 28.8. The molecule has 3 atom stereocenters. The van der Waals surface area contributed by atoms with Gasteiger partial charge in [-0.15, -0.1) is 16.9 Å². The summed E-state index contributed by atoms with van der Waals surface area (Å²) in [5.41, 5.74) is 6.91. The minimum Gasteiger partial charge on any atom is -0.508 e. The first-order valence-corrected chi connectivity index (χ1v) is 15.2. The fraction of sp³-hybridized carbons (Fsp3) is 0.462. The summed E-state index contributed by atoms with van der Waals surface area (Å²) in [4.78, 5) is 57.9. The molecule has 2 unspecified atom stereocenters. The lowest BCUT2D eigenvalue weighted by Crippen LogP contribution is -2.71. The van der Waals surface area contributed by atoms with Crippen LogP contribution in [-0.4, -0.2) is 94.9 Å². The Kier molecular flexibility index (Phi) is 9.94. The number of phenols is 1. The highest BCUT2D eigenvalue weighted by Crippen LogP contribution is 2.41. The van der Waals surface area contributed by atoms with E-state index in [-0.39, 0.29) is 29.5 Å². The number of phenolic OH excluding ortho intramolecular Hbond substituents is 1. The Bertz CT molecular complexity index is 1330. The van der Waals surface area contributed by atoms with Gasteiger partial charge >= 0.3 is 5.97 Å². The quantitative estimate of drug-likeness (QED) is 0.163. The molecule has 41 heavy (non-hydrogen) atoms. The van der Waals surface area contributed by atoms with Crippen molar-refractivity contribution in [3.63, 3.8) is 0 Å². The molecule has 1 aromatic heterocycles. The summed E-state index contributed by atoms with van der Waals surface area (Å²) in [6.45, 7) is 5.39. The summed E-state index contributed by atoms with van der Waals surface area (Å²) in [7, 11) is 0. The Morgan fingerprint density at radius 2 is 1.93 bits per heavy atom. The molecule has 0 saturated carbocycles. The minimum atomic E-state index is -1.24. The van der Waals surface area contributed by atoms with Gasteiger partial charge in [0, 0.05) is 24.6 Å². The van der Waals surface area contributed by atoms with Crippen LogP contribution >= 0.6 is 23.5 Å². The van der Waals surface area contributed by atoms with E-state index in [1.54, 1.807) is 4.90 Å². The number of thioether (sulfide) groups is 2. The van der Waals surface area contributed by atoms with E-state index < -0.39 is 35.2 Å². The van der Waals surface area contributed by atoms with Gasteiger partial charge in [0.2, 0.25) is 17.0 Å². The second kappa shape index (κ2) is 13.4. The average Bonchev–Trinajstić information content (AvgIpc) is 3.40. The zero-order valence-corrected chi connectivity index (χ0v) is 24.3. The average molecular weight is 604 g/mol. The molecule has 15 heteroatoms. The van der Waals surface area contributed by atoms with Crippen LogP contribution in [0.25, 0.3) is 0 Å². The van der Waals surface area contributed by atoms with Gasteiger partial charge in [0.15, 0.2) is 0 Å². The maximum Gasteiger partial charge on any atom is 0.352 e. The van der Waals surface area contributed by atoms with Crippen molar-refractivity contribution in [2.75, 3.05) is 24.6 Å². The number of β-lactam (4-membered cyclic amide) rings is 1. The van der Waals surface area contributed by atoms with Crippen LogP contribution in [0.2, 0.25) is 0 Å². The summed E-state index contributed by atoms with van der Waals surface area (Å²) in [6.07, 6.45) is 1.83. The molecule has 220 valence electrons. The van der Waals surface area contributed by atoms with Crippen molar-refractivity contribution in [2.45, 2.75) is 55.7 Å². The molecular weight excluding hydrogens is 570 g/mol. The molecule has 2 aliphatic heterocycles. The number of hydrogen-bond acceptors (Lipinski definition) is 10. The number of aromatic nitrogens is 3. The highest BCUT2D eigenvalue weighted by molar-refractivity contribution is 8.01. The zero-order chi connectivity index (χ0) is 29.7. The lowest BCUT2D eigenvalue weighted by atomic mass is 10.0. The SMILES string of the molecule is CCCN(CCC)C(=O)Cc1nc(SCC2=C(C(=O)O)N3C(=O)C(NC(=O)C(N)c4ccc(O)cc4)[C@@H]3SC2)n[nH]1. The van der Waals surface area contributed by atoms with Crippen LogP contribution in [0.3, 0.4) is 0 Å². The van der Waals surface area contributed by atoms with Crippen LogP contribution in [0.5, 0.6) is 5.75 Å². The molecule has 0 aliphatic carbocycles.